The molecule has 2 aromatic rings. The molecule has 1 aromatic carbocycles. The third-order valence-corrected chi connectivity index (χ3v) is 8.68. The summed E-state index contributed by atoms with van der Waals surface area (Å²) in [7, 11) is 0. The zero-order valence-electron chi connectivity index (χ0n) is 25.0. The summed E-state index contributed by atoms with van der Waals surface area (Å²) in [6.07, 6.45) is 1.67. The number of nitrogens with one attached hydrogen (secondary N) is 1. The van der Waals surface area contributed by atoms with Crippen LogP contribution in [0, 0.1) is 18.6 Å². The average Bonchev–Trinajstić information content (AvgIpc) is 3.17. The molecule has 1 N–H and O–H groups in total. The highest BCUT2D eigenvalue weighted by Crippen LogP contribution is 2.41. The lowest BCUT2D eigenvalue weighted by Gasteiger charge is -2.43. The van der Waals surface area contributed by atoms with Crippen molar-refractivity contribution in [1.29, 1.82) is 0 Å². The average molecular weight is 631 g/mol. The van der Waals surface area contributed by atoms with Crippen LogP contribution in [-0.4, -0.2) is 90.9 Å². The highest BCUT2D eigenvalue weighted by Gasteiger charge is 2.42. The number of anilines is 1. The molecule has 3 atom stereocenters. The van der Waals surface area contributed by atoms with E-state index in [0.29, 0.717) is 23.8 Å². The fraction of sp³-hybridized carbons (Fsp3) is 0.600. The van der Waals surface area contributed by atoms with Gasteiger partial charge < -0.3 is 19.5 Å². The van der Waals surface area contributed by atoms with Crippen molar-refractivity contribution >= 4 is 36.4 Å². The van der Waals surface area contributed by atoms with Gasteiger partial charge in [-0.1, -0.05) is 19.9 Å². The maximum atomic E-state index is 14.5. The van der Waals surface area contributed by atoms with Gasteiger partial charge in [0.25, 0.3) is 5.56 Å². The normalized spacial score (nSPS) is 24.1. The zero-order valence-corrected chi connectivity index (χ0v) is 26.6. The van der Waals surface area contributed by atoms with Crippen molar-refractivity contribution in [3.8, 4) is 0 Å². The molecule has 1 amide bonds. The Balaban J connectivity index is 0.00000242. The molecule has 0 spiro atoms. The number of hydrogen-bond donors (Lipinski definition) is 1. The van der Waals surface area contributed by atoms with E-state index in [1.165, 1.54) is 16.7 Å². The van der Waals surface area contributed by atoms with Crippen molar-refractivity contribution < 1.29 is 18.3 Å². The molecule has 0 unspecified atom stereocenters. The van der Waals surface area contributed by atoms with Gasteiger partial charge in [0.05, 0.1) is 32.0 Å². The Morgan fingerprint density at radius 1 is 1.17 bits per heavy atom. The van der Waals surface area contributed by atoms with Gasteiger partial charge in [0.15, 0.2) is 0 Å². The van der Waals surface area contributed by atoms with E-state index in [1.54, 1.807) is 18.0 Å². The van der Waals surface area contributed by atoms with E-state index >= 15 is 0 Å². The van der Waals surface area contributed by atoms with Crippen molar-refractivity contribution in [2.45, 2.75) is 64.7 Å². The lowest BCUT2D eigenvalue weighted by Crippen LogP contribution is -2.62. The molecule has 0 aliphatic carbocycles. The number of piperazine rings is 1. The number of halogens is 4. The van der Waals surface area contributed by atoms with Crippen LogP contribution in [0.15, 0.2) is 29.2 Å². The molecule has 4 heterocycles. The molecular formula is C30H43Cl2F2N5O3. The number of nitrogens with zero attached hydrogens (tertiary/aromatic N) is 4. The topological polar surface area (TPSA) is 70.1 Å². The Morgan fingerprint density at radius 2 is 1.90 bits per heavy atom. The molecule has 42 heavy (non-hydrogen) atoms. The Morgan fingerprint density at radius 3 is 2.60 bits per heavy atom. The van der Waals surface area contributed by atoms with Crippen molar-refractivity contribution in [2.75, 3.05) is 57.4 Å². The highest BCUT2D eigenvalue weighted by atomic mass is 35.5. The summed E-state index contributed by atoms with van der Waals surface area (Å²) in [6, 6.07) is 4.16. The Bertz CT molecular complexity index is 1340. The van der Waals surface area contributed by atoms with E-state index in [9.17, 15) is 18.4 Å². The van der Waals surface area contributed by atoms with Crippen molar-refractivity contribution in [3.05, 3.63) is 63.1 Å². The van der Waals surface area contributed by atoms with Crippen molar-refractivity contribution in [1.82, 2.24) is 19.7 Å². The number of benzene rings is 1. The molecule has 0 saturated carbocycles. The van der Waals surface area contributed by atoms with Crippen LogP contribution in [-0.2, 0) is 21.5 Å². The Labute approximate surface area is 259 Å². The molecule has 5 rings (SSSR count). The lowest BCUT2D eigenvalue weighted by molar-refractivity contribution is -0.121. The first-order valence-electron chi connectivity index (χ1n) is 14.2. The van der Waals surface area contributed by atoms with Crippen LogP contribution in [0.5, 0.6) is 0 Å². The first-order chi connectivity index (χ1) is 18.9. The molecule has 2 fully saturated rings. The largest absolute Gasteiger partial charge is 0.379 e. The lowest BCUT2D eigenvalue weighted by atomic mass is 9.85. The predicted octanol–water partition coefficient (Wildman–Crippen LogP) is 3.33. The second-order valence-electron chi connectivity index (χ2n) is 12.4. The minimum atomic E-state index is -0.702. The summed E-state index contributed by atoms with van der Waals surface area (Å²) in [5, 5.41) is 3.57. The third-order valence-electron chi connectivity index (χ3n) is 8.68. The number of aromatic nitrogens is 1. The smallest absolute Gasteiger partial charge is 0.254 e. The van der Waals surface area contributed by atoms with Gasteiger partial charge in [0.1, 0.15) is 11.6 Å². The molecule has 12 heteroatoms. The van der Waals surface area contributed by atoms with Gasteiger partial charge in [0, 0.05) is 79.7 Å². The summed E-state index contributed by atoms with van der Waals surface area (Å²) in [5.41, 5.74) is 1.67. The maximum absolute atomic E-state index is 14.5. The van der Waals surface area contributed by atoms with Gasteiger partial charge in [-0.3, -0.25) is 19.4 Å². The number of amides is 1. The molecule has 3 aliphatic heterocycles. The molecule has 0 radical (unpaired) electrons. The van der Waals surface area contributed by atoms with Gasteiger partial charge in [-0.25, -0.2) is 8.78 Å². The minimum absolute atomic E-state index is 0. The van der Waals surface area contributed by atoms with Crippen LogP contribution in [0.25, 0.3) is 0 Å². The van der Waals surface area contributed by atoms with Gasteiger partial charge in [-0.2, -0.15) is 0 Å². The summed E-state index contributed by atoms with van der Waals surface area (Å²) in [4.78, 5) is 33.8. The molecule has 1 aromatic heterocycles. The van der Waals surface area contributed by atoms with E-state index in [0.717, 1.165) is 51.0 Å². The van der Waals surface area contributed by atoms with Crippen LogP contribution in [0.4, 0.5) is 14.5 Å². The minimum Gasteiger partial charge on any atom is -0.379 e. The third kappa shape index (κ3) is 7.00. The van der Waals surface area contributed by atoms with Gasteiger partial charge in [0.2, 0.25) is 5.91 Å². The molecule has 0 bridgehead atoms. The Hall–Kier alpha value is -2.08. The summed E-state index contributed by atoms with van der Waals surface area (Å²) < 4.78 is 35.0. The maximum Gasteiger partial charge on any atom is 0.254 e. The van der Waals surface area contributed by atoms with Gasteiger partial charge in [-0.15, -0.1) is 24.8 Å². The number of pyridine rings is 1. The molecule has 3 aliphatic rings. The van der Waals surface area contributed by atoms with E-state index in [-0.39, 0.29) is 67.0 Å². The van der Waals surface area contributed by atoms with Crippen LogP contribution in [0.2, 0.25) is 0 Å². The predicted molar refractivity (Wildman–Crippen MR) is 165 cm³/mol. The standard InChI is InChI=1S/C30H41F2N5O3.2ClH/c1-19-12-35(24(11-33-19)14-34-8-9-40-17-20(34)2)16-27(38)37-18-30(4,5)28-21(3)29(39)36(15-26(28)37)13-22-6-7-23(31)10-25(22)32;;/h6-7,10,15,19-20,24,33H,8-9,11-14,16-18H2,1-5H3;2*1H/t19-,20-,24-;;/m1../s1. The van der Waals surface area contributed by atoms with E-state index in [2.05, 4.69) is 29.0 Å². The number of carbonyl (C=O) groups is 1. The van der Waals surface area contributed by atoms with Gasteiger partial charge in [-0.05, 0) is 32.4 Å². The van der Waals surface area contributed by atoms with Crippen LogP contribution in [0.3, 0.4) is 0 Å². The number of hydrogen-bond acceptors (Lipinski definition) is 6. The second kappa shape index (κ2) is 13.7. The zero-order chi connectivity index (χ0) is 28.8. The SMILES string of the molecule is Cc1c2c(cn(Cc3ccc(F)cc3F)c1=O)N(C(=O)CN1C[C@@H](C)NC[C@@H]1CN1CCOC[C@H]1C)CC2(C)C.Cl.Cl. The summed E-state index contributed by atoms with van der Waals surface area (Å²) >= 11 is 0. The molecule has 8 nitrogen and oxygen atoms in total. The van der Waals surface area contributed by atoms with Crippen molar-refractivity contribution in [2.24, 2.45) is 0 Å². The quantitative estimate of drug-likeness (QED) is 0.529. The fourth-order valence-corrected chi connectivity index (χ4v) is 6.54. The number of carbonyl (C=O) groups excluding carboxylic acids is 1. The highest BCUT2D eigenvalue weighted by molar-refractivity contribution is 5.97. The molecule has 234 valence electrons. The number of ether oxygens (including phenoxy) is 1. The number of morpholine rings is 1. The summed E-state index contributed by atoms with van der Waals surface area (Å²) in [5.74, 6) is -1.38. The van der Waals surface area contributed by atoms with E-state index < -0.39 is 17.0 Å². The van der Waals surface area contributed by atoms with Crippen LogP contribution < -0.4 is 15.8 Å². The second-order valence-corrected chi connectivity index (χ2v) is 12.4. The van der Waals surface area contributed by atoms with E-state index in [1.807, 2.05) is 13.8 Å². The van der Waals surface area contributed by atoms with Crippen LogP contribution in [0.1, 0.15) is 44.4 Å². The summed E-state index contributed by atoms with van der Waals surface area (Å²) in [6.45, 7) is 15.6. The fourth-order valence-electron chi connectivity index (χ4n) is 6.54. The molecular weight excluding hydrogens is 587 g/mol. The monoisotopic (exact) mass is 629 g/mol. The van der Waals surface area contributed by atoms with Gasteiger partial charge >= 0.3 is 0 Å². The molecule has 2 saturated heterocycles. The Kier molecular flexibility index (Phi) is 11.2. The first kappa shape index (κ1) is 34.4. The first-order valence-corrected chi connectivity index (χ1v) is 14.2. The van der Waals surface area contributed by atoms with Crippen molar-refractivity contribution in [3.63, 3.8) is 0 Å². The van der Waals surface area contributed by atoms with E-state index in [4.69, 9.17) is 4.74 Å². The van der Waals surface area contributed by atoms with Crippen LogP contribution >= 0.6 is 24.8 Å². The number of fused-ring (bicyclic) bond motifs is 1. The number of rotatable bonds is 6.